The van der Waals surface area contributed by atoms with E-state index in [9.17, 15) is 28.2 Å². The zero-order chi connectivity index (χ0) is 23.9. The fourth-order valence-electron chi connectivity index (χ4n) is 3.71. The van der Waals surface area contributed by atoms with E-state index in [1.165, 1.54) is 26.8 Å². The van der Waals surface area contributed by atoms with Crippen molar-refractivity contribution in [2.45, 2.75) is 76.7 Å². The first-order valence-electron chi connectivity index (χ1n) is 10.2. The molecular formula is C21H25BF2O8. The van der Waals surface area contributed by atoms with Crippen molar-refractivity contribution in [3.63, 3.8) is 0 Å². The summed E-state index contributed by atoms with van der Waals surface area (Å²) in [7, 11) is -1.43. The second-order valence-corrected chi connectivity index (χ2v) is 8.81. The van der Waals surface area contributed by atoms with Crippen LogP contribution in [0.25, 0.3) is 0 Å². The molecule has 0 radical (unpaired) electrons. The molecule has 0 spiro atoms. The van der Waals surface area contributed by atoms with Crippen molar-refractivity contribution in [2.24, 2.45) is 0 Å². The van der Waals surface area contributed by atoms with Gasteiger partial charge in [0, 0.05) is 45.9 Å². The van der Waals surface area contributed by atoms with Crippen molar-refractivity contribution in [3.05, 3.63) is 29.3 Å². The third-order valence-corrected chi connectivity index (χ3v) is 5.21. The van der Waals surface area contributed by atoms with Crippen LogP contribution in [0.5, 0.6) is 5.75 Å². The molecule has 8 nitrogen and oxygen atoms in total. The molecular weight excluding hydrogens is 429 g/mol. The minimum Gasteiger partial charge on any atom is -0.535 e. The number of benzene rings is 1. The lowest BCUT2D eigenvalue weighted by atomic mass is 9.64. The Kier molecular flexibility index (Phi) is 6.36. The van der Waals surface area contributed by atoms with Crippen molar-refractivity contribution in [3.8, 4) is 5.75 Å². The number of ketones is 1. The van der Waals surface area contributed by atoms with Crippen molar-refractivity contribution in [1.82, 2.24) is 0 Å². The average Bonchev–Trinajstić information content (AvgIpc) is 2.86. The minimum absolute atomic E-state index is 0.0423. The lowest BCUT2D eigenvalue weighted by molar-refractivity contribution is -0.221. The second-order valence-electron chi connectivity index (χ2n) is 8.81. The number of fused-ring (bicyclic) bond motifs is 1. The Morgan fingerprint density at radius 1 is 1.31 bits per heavy atom. The van der Waals surface area contributed by atoms with Gasteiger partial charge in [-0.15, -0.1) is 0 Å². The van der Waals surface area contributed by atoms with Crippen LogP contribution in [0.1, 0.15) is 62.9 Å². The standard InChI is InChI=1S/C21H25BF2O8/c1-19(2)30-18(27)21(4,32-19)29-17(26)15-7-5-6-12-10-13(22(28)31-16(12)15)11-14(25)8-9-20(3,23)24/h5-7,13,28H,8-11H2,1-4H3/t13-,21?/m1/s1. The fourth-order valence-corrected chi connectivity index (χ4v) is 3.71. The number of ether oxygens (including phenoxy) is 3. The van der Waals surface area contributed by atoms with E-state index in [1.807, 2.05) is 0 Å². The summed E-state index contributed by atoms with van der Waals surface area (Å²) in [6, 6.07) is 4.62. The first kappa shape index (κ1) is 24.1. The molecule has 0 amide bonds. The highest BCUT2D eigenvalue weighted by molar-refractivity contribution is 6.47. The molecule has 32 heavy (non-hydrogen) atoms. The number of Topliss-reactive ketones (excluding diaryl/α,β-unsaturated/α-hetero) is 1. The largest absolute Gasteiger partial charge is 0.535 e. The quantitative estimate of drug-likeness (QED) is 0.495. The number of hydrogen-bond acceptors (Lipinski definition) is 8. The van der Waals surface area contributed by atoms with Gasteiger partial charge in [0.1, 0.15) is 17.1 Å². The Bertz CT molecular complexity index is 929. The van der Waals surface area contributed by atoms with Crippen molar-refractivity contribution in [2.75, 3.05) is 0 Å². The van der Waals surface area contributed by atoms with Crippen molar-refractivity contribution < 1.29 is 47.1 Å². The zero-order valence-corrected chi connectivity index (χ0v) is 18.3. The highest BCUT2D eigenvalue weighted by Gasteiger charge is 2.54. The second kappa shape index (κ2) is 8.44. The third kappa shape index (κ3) is 5.44. The van der Waals surface area contributed by atoms with E-state index < -0.39 is 54.6 Å². The van der Waals surface area contributed by atoms with Crippen LogP contribution in [0.15, 0.2) is 18.2 Å². The number of halogens is 2. The lowest BCUT2D eigenvalue weighted by Gasteiger charge is -2.29. The minimum atomic E-state index is -2.94. The summed E-state index contributed by atoms with van der Waals surface area (Å²) < 4.78 is 47.2. The van der Waals surface area contributed by atoms with E-state index in [1.54, 1.807) is 12.1 Å². The van der Waals surface area contributed by atoms with Gasteiger partial charge in [-0.05, 0) is 25.0 Å². The highest BCUT2D eigenvalue weighted by Crippen LogP contribution is 2.39. The van der Waals surface area contributed by atoms with Crippen LogP contribution in [0.4, 0.5) is 8.78 Å². The summed E-state index contributed by atoms with van der Waals surface area (Å²) in [5.74, 6) is -8.96. The summed E-state index contributed by atoms with van der Waals surface area (Å²) in [5, 5.41) is 10.4. The maximum atomic E-state index is 13.0. The Morgan fingerprint density at radius 3 is 2.59 bits per heavy atom. The summed E-state index contributed by atoms with van der Waals surface area (Å²) >= 11 is 0. The topological polar surface area (TPSA) is 108 Å². The van der Waals surface area contributed by atoms with Gasteiger partial charge in [-0.2, -0.15) is 0 Å². The average molecular weight is 454 g/mol. The van der Waals surface area contributed by atoms with E-state index >= 15 is 0 Å². The molecule has 0 aromatic heterocycles. The summed E-state index contributed by atoms with van der Waals surface area (Å²) in [6.45, 7) is 5.00. The smallest absolute Gasteiger partial charge is 0.526 e. The van der Waals surface area contributed by atoms with Gasteiger partial charge in [-0.25, -0.2) is 18.4 Å². The molecule has 1 aromatic carbocycles. The van der Waals surface area contributed by atoms with Crippen molar-refractivity contribution >= 4 is 24.8 Å². The number of alkyl halides is 2. The molecule has 1 N–H and O–H groups in total. The molecule has 0 bridgehead atoms. The Labute approximate surface area is 184 Å². The molecule has 1 aromatic rings. The van der Waals surface area contributed by atoms with Crippen LogP contribution in [-0.2, 0) is 30.2 Å². The van der Waals surface area contributed by atoms with E-state index in [0.717, 1.165) is 6.92 Å². The number of para-hydroxylation sites is 1. The van der Waals surface area contributed by atoms with Crippen LogP contribution in [0.3, 0.4) is 0 Å². The van der Waals surface area contributed by atoms with Gasteiger partial charge in [0.2, 0.25) is 11.7 Å². The van der Waals surface area contributed by atoms with E-state index in [4.69, 9.17) is 18.9 Å². The number of cyclic esters (lactones) is 1. The van der Waals surface area contributed by atoms with Crippen LogP contribution >= 0.6 is 0 Å². The van der Waals surface area contributed by atoms with Crippen LogP contribution < -0.4 is 4.65 Å². The molecule has 2 heterocycles. The molecule has 1 saturated heterocycles. The monoisotopic (exact) mass is 454 g/mol. The molecule has 3 rings (SSSR count). The number of esters is 2. The molecule has 1 fully saturated rings. The van der Waals surface area contributed by atoms with Gasteiger partial charge in [0.25, 0.3) is 0 Å². The molecule has 174 valence electrons. The summed E-state index contributed by atoms with van der Waals surface area (Å²) in [6.07, 6.45) is -0.827. The first-order valence-corrected chi connectivity index (χ1v) is 10.2. The highest BCUT2D eigenvalue weighted by atomic mass is 19.3. The van der Waals surface area contributed by atoms with Gasteiger partial charge in [-0.1, -0.05) is 12.1 Å². The molecule has 2 aliphatic heterocycles. The maximum absolute atomic E-state index is 13.0. The van der Waals surface area contributed by atoms with Gasteiger partial charge >= 0.3 is 24.8 Å². The predicted molar refractivity (Wildman–Crippen MR) is 107 cm³/mol. The molecule has 1 unspecified atom stereocenters. The number of rotatable bonds is 7. The normalized spacial score (nSPS) is 24.4. The van der Waals surface area contributed by atoms with Gasteiger partial charge < -0.3 is 19.2 Å². The van der Waals surface area contributed by atoms with Crippen LogP contribution in [0.2, 0.25) is 5.82 Å². The predicted octanol–water partition coefficient (Wildman–Crippen LogP) is 3.05. The Balaban J connectivity index is 1.72. The number of carbonyl (C=O) groups excluding carboxylic acids is 3. The summed E-state index contributed by atoms with van der Waals surface area (Å²) in [4.78, 5) is 37.0. The molecule has 2 aliphatic rings. The lowest BCUT2D eigenvalue weighted by Crippen LogP contribution is -2.40. The number of hydrogen-bond donors (Lipinski definition) is 1. The van der Waals surface area contributed by atoms with E-state index in [2.05, 4.69) is 0 Å². The van der Waals surface area contributed by atoms with Gasteiger partial charge in [0.15, 0.2) is 0 Å². The first-order chi connectivity index (χ1) is 14.7. The van der Waals surface area contributed by atoms with Gasteiger partial charge in [0.05, 0.1) is 0 Å². The fraction of sp³-hybridized carbons (Fsp3) is 0.571. The van der Waals surface area contributed by atoms with E-state index in [0.29, 0.717) is 5.56 Å². The van der Waals surface area contributed by atoms with Crippen LogP contribution in [-0.4, -0.2) is 47.4 Å². The third-order valence-electron chi connectivity index (χ3n) is 5.21. The Hall–Kier alpha value is -2.53. The SMILES string of the molecule is CC(F)(F)CCC(=O)C[C@H]1Cc2cccc(C(=O)OC3(C)OC(C)(C)OC3=O)c2OB1O. The maximum Gasteiger partial charge on any atom is 0.526 e. The van der Waals surface area contributed by atoms with E-state index in [-0.39, 0.29) is 30.6 Å². The molecule has 11 heteroatoms. The zero-order valence-electron chi connectivity index (χ0n) is 18.3. The summed E-state index contributed by atoms with van der Waals surface area (Å²) in [5.41, 5.74) is 0.489. The molecule has 0 aliphatic carbocycles. The van der Waals surface area contributed by atoms with Crippen molar-refractivity contribution in [1.29, 1.82) is 0 Å². The molecule has 0 saturated carbocycles. The molecule has 2 atom stereocenters. The van der Waals surface area contributed by atoms with Gasteiger partial charge in [-0.3, -0.25) is 9.53 Å². The van der Waals surface area contributed by atoms with Crippen LogP contribution in [0, 0.1) is 0 Å². The number of carbonyl (C=O) groups is 3. The Morgan fingerprint density at radius 2 is 2.00 bits per heavy atom.